The average Bonchev–Trinajstić information content (AvgIpc) is 2.22. The Morgan fingerprint density at radius 2 is 1.69 bits per heavy atom. The molecule has 0 atom stereocenters. The van der Waals surface area contributed by atoms with Gasteiger partial charge in [0.2, 0.25) is 0 Å². The molecule has 0 bridgehead atoms. The normalized spacial score (nSPS) is 11.9. The van der Waals surface area contributed by atoms with Crippen LogP contribution in [0.5, 0.6) is 0 Å². The summed E-state index contributed by atoms with van der Waals surface area (Å²) in [5, 5.41) is 18.0. The standard InChI is InChI=1S/C9H8F3O3Si/c10-6-4-8(12)7(11)3-5(6)1-2-9(13,14)15-16/h3-4,13-14H,1-2H2. The molecule has 2 N–H and O–H groups in total. The summed E-state index contributed by atoms with van der Waals surface area (Å²) in [6.07, 6.45) is -0.626. The van der Waals surface area contributed by atoms with Gasteiger partial charge in [-0.2, -0.15) is 0 Å². The summed E-state index contributed by atoms with van der Waals surface area (Å²) in [6.45, 7) is 0. The van der Waals surface area contributed by atoms with Crippen molar-refractivity contribution in [1.29, 1.82) is 0 Å². The molecule has 1 rings (SSSR count). The van der Waals surface area contributed by atoms with Crippen LogP contribution in [0.2, 0.25) is 0 Å². The molecule has 0 saturated carbocycles. The summed E-state index contributed by atoms with van der Waals surface area (Å²) in [5.41, 5.74) is -0.171. The van der Waals surface area contributed by atoms with Crippen molar-refractivity contribution in [1.82, 2.24) is 0 Å². The van der Waals surface area contributed by atoms with Gasteiger partial charge in [0.25, 0.3) is 16.5 Å². The van der Waals surface area contributed by atoms with Crippen molar-refractivity contribution in [3.63, 3.8) is 0 Å². The quantitative estimate of drug-likeness (QED) is 0.471. The van der Waals surface area contributed by atoms with Gasteiger partial charge >= 0.3 is 0 Å². The lowest BCUT2D eigenvalue weighted by molar-refractivity contribution is -0.294. The number of aliphatic hydroxyl groups is 2. The number of halogens is 3. The zero-order valence-corrected chi connectivity index (χ0v) is 9.01. The minimum atomic E-state index is -2.49. The lowest BCUT2D eigenvalue weighted by atomic mass is 10.1. The van der Waals surface area contributed by atoms with Crippen LogP contribution < -0.4 is 0 Å². The van der Waals surface area contributed by atoms with E-state index < -0.39 is 29.8 Å². The molecule has 0 aliphatic carbocycles. The van der Waals surface area contributed by atoms with E-state index in [0.29, 0.717) is 12.1 Å². The summed E-state index contributed by atoms with van der Waals surface area (Å²) in [7, 11) is 2.41. The molecule has 7 heteroatoms. The van der Waals surface area contributed by atoms with Crippen molar-refractivity contribution in [2.75, 3.05) is 0 Å². The van der Waals surface area contributed by atoms with E-state index in [9.17, 15) is 13.2 Å². The second-order valence-corrected chi connectivity index (χ2v) is 3.41. The van der Waals surface area contributed by atoms with Crippen LogP contribution in [0.25, 0.3) is 0 Å². The van der Waals surface area contributed by atoms with E-state index in [1.165, 1.54) is 0 Å². The Bertz CT molecular complexity index is 385. The van der Waals surface area contributed by atoms with Crippen LogP contribution in [-0.4, -0.2) is 26.7 Å². The zero-order chi connectivity index (χ0) is 12.3. The average molecular weight is 249 g/mol. The molecule has 0 amide bonds. The highest BCUT2D eigenvalue weighted by Gasteiger charge is 2.22. The van der Waals surface area contributed by atoms with E-state index in [-0.39, 0.29) is 12.0 Å². The predicted molar refractivity (Wildman–Crippen MR) is 48.6 cm³/mol. The highest BCUT2D eigenvalue weighted by molar-refractivity contribution is 5.98. The minimum Gasteiger partial charge on any atom is -0.371 e. The van der Waals surface area contributed by atoms with Crippen molar-refractivity contribution >= 4 is 10.5 Å². The van der Waals surface area contributed by atoms with Crippen molar-refractivity contribution in [3.05, 3.63) is 35.1 Å². The maximum absolute atomic E-state index is 13.1. The van der Waals surface area contributed by atoms with Gasteiger partial charge in [-0.3, -0.25) is 0 Å². The Hall–Kier alpha value is -0.893. The molecular formula is C9H8F3O3Si. The largest absolute Gasteiger partial charge is 0.371 e. The SMILES string of the molecule is OC(O)(CCc1cc(F)c(F)cc1F)O[Si]. The molecule has 1 aromatic rings. The topological polar surface area (TPSA) is 49.7 Å². The number of rotatable bonds is 4. The van der Waals surface area contributed by atoms with Gasteiger partial charge < -0.3 is 14.6 Å². The van der Waals surface area contributed by atoms with Gasteiger partial charge in [-0.15, -0.1) is 0 Å². The van der Waals surface area contributed by atoms with Crippen molar-refractivity contribution in [2.24, 2.45) is 0 Å². The van der Waals surface area contributed by atoms with E-state index >= 15 is 0 Å². The monoisotopic (exact) mass is 249 g/mol. The van der Waals surface area contributed by atoms with E-state index in [1.807, 2.05) is 0 Å². The van der Waals surface area contributed by atoms with Crippen LogP contribution >= 0.6 is 0 Å². The van der Waals surface area contributed by atoms with E-state index in [2.05, 4.69) is 14.9 Å². The smallest absolute Gasteiger partial charge is 0.268 e. The molecular weight excluding hydrogens is 241 g/mol. The predicted octanol–water partition coefficient (Wildman–Crippen LogP) is 0.775. The molecule has 0 spiro atoms. The number of hydrogen-bond acceptors (Lipinski definition) is 3. The van der Waals surface area contributed by atoms with Crippen LogP contribution in [0.1, 0.15) is 12.0 Å². The highest BCUT2D eigenvalue weighted by atomic mass is 28.2. The first kappa shape index (κ1) is 13.2. The first-order valence-corrected chi connectivity index (χ1v) is 4.69. The lowest BCUT2D eigenvalue weighted by Crippen LogP contribution is -2.31. The molecule has 0 unspecified atom stereocenters. The van der Waals surface area contributed by atoms with Gasteiger partial charge in [-0.25, -0.2) is 13.2 Å². The fourth-order valence-corrected chi connectivity index (χ4v) is 1.21. The third kappa shape index (κ3) is 3.31. The highest BCUT2D eigenvalue weighted by Crippen LogP contribution is 2.18. The molecule has 0 aliphatic rings. The maximum Gasteiger partial charge on any atom is 0.268 e. The van der Waals surface area contributed by atoms with E-state index in [4.69, 9.17) is 10.2 Å². The Morgan fingerprint density at radius 1 is 1.12 bits per heavy atom. The molecule has 1 aromatic carbocycles. The third-order valence-corrected chi connectivity index (χ3v) is 2.30. The molecule has 0 heterocycles. The summed E-state index contributed by atoms with van der Waals surface area (Å²) in [6, 6.07) is 1.06. The van der Waals surface area contributed by atoms with Crippen molar-refractivity contribution in [3.8, 4) is 0 Å². The molecule has 16 heavy (non-hydrogen) atoms. The molecule has 3 radical (unpaired) electrons. The summed E-state index contributed by atoms with van der Waals surface area (Å²) < 4.78 is 42.5. The van der Waals surface area contributed by atoms with Crippen LogP contribution in [0.3, 0.4) is 0 Å². The zero-order valence-electron chi connectivity index (χ0n) is 8.01. The van der Waals surface area contributed by atoms with E-state index in [1.54, 1.807) is 0 Å². The van der Waals surface area contributed by atoms with Crippen molar-refractivity contribution < 1.29 is 27.8 Å². The van der Waals surface area contributed by atoms with Crippen LogP contribution in [0.15, 0.2) is 12.1 Å². The summed E-state index contributed by atoms with van der Waals surface area (Å²) in [4.78, 5) is 0. The van der Waals surface area contributed by atoms with Crippen LogP contribution in [0, 0.1) is 17.5 Å². The summed E-state index contributed by atoms with van der Waals surface area (Å²) >= 11 is 0. The first-order chi connectivity index (χ1) is 7.35. The summed E-state index contributed by atoms with van der Waals surface area (Å²) in [5.74, 6) is -5.94. The van der Waals surface area contributed by atoms with Gasteiger partial charge in [0.05, 0.1) is 0 Å². The second kappa shape index (κ2) is 4.96. The lowest BCUT2D eigenvalue weighted by Gasteiger charge is -2.19. The molecule has 0 aromatic heterocycles. The Balaban J connectivity index is 2.79. The molecule has 0 aliphatic heterocycles. The van der Waals surface area contributed by atoms with Gasteiger partial charge in [-0.1, -0.05) is 0 Å². The minimum absolute atomic E-state index is 0.171. The second-order valence-electron chi connectivity index (χ2n) is 3.20. The fraction of sp³-hybridized carbons (Fsp3) is 0.333. The number of benzene rings is 1. The van der Waals surface area contributed by atoms with Gasteiger partial charge in [-0.05, 0) is 18.1 Å². The molecule has 3 nitrogen and oxygen atoms in total. The third-order valence-electron chi connectivity index (χ3n) is 1.97. The number of hydrogen-bond donors (Lipinski definition) is 2. The molecule has 87 valence electrons. The van der Waals surface area contributed by atoms with Gasteiger partial charge in [0.1, 0.15) is 5.82 Å². The Morgan fingerprint density at radius 3 is 2.25 bits per heavy atom. The first-order valence-electron chi connectivity index (χ1n) is 4.28. The fourth-order valence-electron chi connectivity index (χ4n) is 1.10. The van der Waals surface area contributed by atoms with Crippen LogP contribution in [-0.2, 0) is 10.8 Å². The van der Waals surface area contributed by atoms with Crippen LogP contribution in [0.4, 0.5) is 13.2 Å². The Kier molecular flexibility index (Phi) is 4.08. The molecule has 0 fully saturated rings. The van der Waals surface area contributed by atoms with Gasteiger partial charge in [0, 0.05) is 12.5 Å². The van der Waals surface area contributed by atoms with Gasteiger partial charge in [0.15, 0.2) is 11.6 Å². The van der Waals surface area contributed by atoms with Crippen molar-refractivity contribution in [2.45, 2.75) is 18.8 Å². The van der Waals surface area contributed by atoms with E-state index in [0.717, 1.165) is 0 Å². The maximum atomic E-state index is 13.1. The number of aryl methyl sites for hydroxylation is 1. The molecule has 0 saturated heterocycles. The Labute approximate surface area is 93.0 Å².